The third-order valence-corrected chi connectivity index (χ3v) is 17.3. The highest BCUT2D eigenvalue weighted by molar-refractivity contribution is 7.95. The lowest BCUT2D eigenvalue weighted by molar-refractivity contribution is -0.432. The van der Waals surface area contributed by atoms with E-state index in [0.29, 0.717) is 71.0 Å². The summed E-state index contributed by atoms with van der Waals surface area (Å²) in [7, 11) is -8.76. The van der Waals surface area contributed by atoms with Crippen molar-refractivity contribution in [3.8, 4) is 0 Å². The van der Waals surface area contributed by atoms with Crippen LogP contribution < -0.4 is 11.5 Å². The van der Waals surface area contributed by atoms with Crippen molar-refractivity contribution < 1.29 is 55.2 Å². The average Bonchev–Trinajstić information content (AvgIpc) is 3.19. The Morgan fingerprint density at radius 2 is 1.31 bits per heavy atom. The van der Waals surface area contributed by atoms with E-state index in [9.17, 15) is 31.0 Å². The molecule has 0 aliphatic heterocycles. The first-order valence-corrected chi connectivity index (χ1v) is 25.1. The van der Waals surface area contributed by atoms with Crippen LogP contribution in [0.3, 0.4) is 0 Å². The molecule has 18 unspecified atom stereocenters. The molecule has 0 bridgehead atoms. The van der Waals surface area contributed by atoms with Gasteiger partial charge in [0.25, 0.3) is 20.2 Å². The Balaban J connectivity index is 1.18. The lowest BCUT2D eigenvalue weighted by atomic mass is 9.66. The number of azo groups is 3. The van der Waals surface area contributed by atoms with E-state index in [4.69, 9.17) is 51.0 Å². The minimum atomic E-state index is -4.41. The number of nitrogens with two attached hydrogens (primary N) is 2. The van der Waals surface area contributed by atoms with Crippen LogP contribution >= 0.6 is 12.0 Å². The molecule has 6 saturated carbocycles. The molecule has 0 aromatic heterocycles. The van der Waals surface area contributed by atoms with Crippen LogP contribution in [-0.2, 0) is 39.1 Å². The molecule has 6 rings (SSSR count). The van der Waals surface area contributed by atoms with Gasteiger partial charge in [-0.05, 0) is 121 Å². The Morgan fingerprint density at radius 1 is 0.644 bits per heavy atom. The number of hydrogen-bond donors (Lipinski definition) is 6. The highest BCUT2D eigenvalue weighted by Gasteiger charge is 2.50. The van der Waals surface area contributed by atoms with Crippen LogP contribution in [0.25, 0.3) is 0 Å². The predicted molar refractivity (Wildman–Crippen MR) is 216 cm³/mol. The smallest absolute Gasteiger partial charge is 0.270 e. The number of rotatable bonds is 15. The van der Waals surface area contributed by atoms with Gasteiger partial charge in [-0.2, -0.15) is 47.5 Å². The van der Waals surface area contributed by atoms with Crippen LogP contribution in [0.4, 0.5) is 0 Å². The number of fused-ring (bicyclic) bond motifs is 2. The number of aliphatic hydroxyl groups is 1. The molecule has 6 aliphatic rings. The molecule has 0 amide bonds. The third-order valence-electron chi connectivity index (χ3n) is 13.9. The minimum absolute atomic E-state index is 0.0755. The lowest BCUT2D eigenvalue weighted by Gasteiger charge is -2.46. The summed E-state index contributed by atoms with van der Waals surface area (Å²) in [6.45, 7) is 4.97. The van der Waals surface area contributed by atoms with Gasteiger partial charge in [0.05, 0.1) is 59.0 Å². The molecule has 59 heavy (non-hydrogen) atoms. The van der Waals surface area contributed by atoms with Crippen molar-refractivity contribution in [3.05, 3.63) is 0 Å². The highest BCUT2D eigenvalue weighted by Crippen LogP contribution is 2.48. The molecule has 0 heterocycles. The van der Waals surface area contributed by atoms with Crippen LogP contribution in [0.2, 0.25) is 0 Å². The van der Waals surface area contributed by atoms with Crippen LogP contribution in [0, 0.1) is 23.7 Å². The van der Waals surface area contributed by atoms with Gasteiger partial charge >= 0.3 is 0 Å². The highest BCUT2D eigenvalue weighted by atomic mass is 32.2. The zero-order valence-corrected chi connectivity index (χ0v) is 36.3. The maximum Gasteiger partial charge on any atom is 0.270 e. The molecule has 6 fully saturated rings. The molecule has 0 aromatic carbocycles. The molecule has 0 saturated heterocycles. The van der Waals surface area contributed by atoms with Crippen LogP contribution in [0.15, 0.2) is 30.7 Å². The third kappa shape index (κ3) is 11.8. The van der Waals surface area contributed by atoms with Crippen LogP contribution in [-0.4, -0.2) is 132 Å². The second kappa shape index (κ2) is 20.9. The fourth-order valence-electron chi connectivity index (χ4n) is 10.9. The summed E-state index contributed by atoms with van der Waals surface area (Å²) in [6.07, 6.45) is 5.45. The second-order valence-electron chi connectivity index (χ2n) is 17.5. The summed E-state index contributed by atoms with van der Waals surface area (Å²) in [4.78, 5) is 0. The predicted octanol–water partition coefficient (Wildman–Crippen LogP) is 4.34. The maximum atomic E-state index is 12.4. The van der Waals surface area contributed by atoms with Gasteiger partial charge in [-0.15, -0.1) is 4.33 Å². The Morgan fingerprint density at radius 3 is 2.00 bits per heavy atom. The van der Waals surface area contributed by atoms with E-state index in [2.05, 4.69) is 15.3 Å². The SMILES string of the molecule is CCOC1CC(N=NC2CCC3CC(SOOO)C(N=NC4CCC(N=NC5CCC(N)CC5S(=O)(=O)O)C5CCC(S(=O)(=O)O)CC45)C(O)C3C2)C(OCC)CC1N. The molecule has 0 aromatic rings. The van der Waals surface area contributed by atoms with Gasteiger partial charge in [0.2, 0.25) is 0 Å². The van der Waals surface area contributed by atoms with Crippen molar-refractivity contribution in [1.82, 2.24) is 0 Å². The van der Waals surface area contributed by atoms with E-state index < -0.39 is 60.2 Å². The largest absolute Gasteiger partial charge is 0.390 e. The summed E-state index contributed by atoms with van der Waals surface area (Å²) in [5.41, 5.74) is 12.4. The van der Waals surface area contributed by atoms with Crippen molar-refractivity contribution in [2.45, 2.75) is 186 Å². The molecule has 8 N–H and O–H groups in total. The number of aliphatic hydroxyl groups excluding tert-OH is 1. The van der Waals surface area contributed by atoms with Gasteiger partial charge in [0.1, 0.15) is 11.3 Å². The first kappa shape index (κ1) is 47.1. The van der Waals surface area contributed by atoms with Gasteiger partial charge in [0.15, 0.2) is 0 Å². The molecule has 0 spiro atoms. The number of nitrogens with zero attached hydrogens (tertiary/aromatic N) is 6. The van der Waals surface area contributed by atoms with Crippen molar-refractivity contribution >= 4 is 32.3 Å². The zero-order valence-electron chi connectivity index (χ0n) is 33.8. The quantitative estimate of drug-likeness (QED) is 0.0438. The van der Waals surface area contributed by atoms with E-state index >= 15 is 0 Å². The first-order chi connectivity index (χ1) is 28.1. The molecule has 23 heteroatoms. The average molecular weight is 897 g/mol. The molecule has 338 valence electrons. The Hall–Kier alpha value is -1.35. The summed E-state index contributed by atoms with van der Waals surface area (Å²) >= 11 is 0.867. The summed E-state index contributed by atoms with van der Waals surface area (Å²) in [6, 6.07) is -3.18. The summed E-state index contributed by atoms with van der Waals surface area (Å²) in [5, 5.41) is 50.6. The van der Waals surface area contributed by atoms with Gasteiger partial charge in [-0.1, -0.05) is 5.04 Å². The summed E-state index contributed by atoms with van der Waals surface area (Å²) < 4.78 is 85.9. The number of hydrogen-bond acceptors (Lipinski definition) is 19. The topological polar surface area (TPSA) is 312 Å². The summed E-state index contributed by atoms with van der Waals surface area (Å²) in [5.74, 6) is -0.599. The molecule has 18 atom stereocenters. The van der Waals surface area contributed by atoms with E-state index in [-0.39, 0.29) is 85.4 Å². The van der Waals surface area contributed by atoms with Crippen molar-refractivity contribution in [3.63, 3.8) is 0 Å². The fourth-order valence-corrected chi connectivity index (χ4v) is 13.7. The maximum absolute atomic E-state index is 12.4. The minimum Gasteiger partial charge on any atom is -0.390 e. The molecular weight excluding hydrogens is 833 g/mol. The lowest BCUT2D eigenvalue weighted by Crippen LogP contribution is -2.51. The molecule has 0 radical (unpaired) electrons. The van der Waals surface area contributed by atoms with Gasteiger partial charge in [-0.25, -0.2) is 5.26 Å². The van der Waals surface area contributed by atoms with E-state index in [1.807, 2.05) is 13.8 Å². The van der Waals surface area contributed by atoms with Crippen molar-refractivity contribution in [1.29, 1.82) is 0 Å². The van der Waals surface area contributed by atoms with Crippen molar-refractivity contribution in [2.75, 3.05) is 13.2 Å². The monoisotopic (exact) mass is 896 g/mol. The normalized spacial score (nSPS) is 43.9. The van der Waals surface area contributed by atoms with E-state index in [1.54, 1.807) is 0 Å². The van der Waals surface area contributed by atoms with Gasteiger partial charge in [-0.3, -0.25) is 9.11 Å². The van der Waals surface area contributed by atoms with Crippen LogP contribution in [0.5, 0.6) is 0 Å². The molecule has 6 aliphatic carbocycles. The molecular formula is C36H64N8O12S3. The van der Waals surface area contributed by atoms with E-state index in [1.165, 1.54) is 0 Å². The molecule has 20 nitrogen and oxygen atoms in total. The Kier molecular flexibility index (Phi) is 16.7. The Bertz CT molecular complexity index is 1680. The van der Waals surface area contributed by atoms with Crippen LogP contribution in [0.1, 0.15) is 104 Å². The van der Waals surface area contributed by atoms with Gasteiger partial charge in [0, 0.05) is 43.8 Å². The fraction of sp³-hybridized carbons (Fsp3) is 1.00. The Labute approximate surface area is 351 Å². The van der Waals surface area contributed by atoms with E-state index in [0.717, 1.165) is 24.9 Å². The van der Waals surface area contributed by atoms with Crippen molar-refractivity contribution in [2.24, 2.45) is 65.8 Å². The zero-order chi connectivity index (χ0) is 42.5. The number of ether oxygens (including phenoxy) is 2. The standard InChI is InChI=1S/C36H64N8O12S3/c1-3-53-31-18-30(32(54-4-2)17-26(31)38)43-39-21-7-5-19-13-33(57-56-55-46)35(36(45)24(19)15-21)44-41-28-12-11-27(23-9-8-22(16-25(23)28)58(47,48)49)40-42-29-10-6-20(37)14-34(29)59(50,51)52/h19-36,45-46H,3-18,37-38H2,1-2H3,(H,47,48,49)(H,50,51,52). The second-order valence-corrected chi connectivity index (χ2v) is 21.7. The van der Waals surface area contributed by atoms with Gasteiger partial charge < -0.3 is 26.0 Å². The first-order valence-electron chi connectivity index (χ1n) is 21.3.